The van der Waals surface area contributed by atoms with Gasteiger partial charge in [0, 0.05) is 0 Å². The summed E-state index contributed by atoms with van der Waals surface area (Å²) >= 11 is 1.84. The number of rotatable bonds is 13. The maximum absolute atomic E-state index is 2.47. The number of hydrogen-bond donors (Lipinski definition) is 0. The molecule has 1 aromatic carbocycles. The third kappa shape index (κ3) is 9.69. The molecular weight excluding hydrogens is 348 g/mol. The second kappa shape index (κ2) is 15.0. The second-order valence-electron chi connectivity index (χ2n) is 7.89. The molecule has 3 heteroatoms. The first-order chi connectivity index (χ1) is 13.1. The molecule has 0 aliphatic rings. The van der Waals surface area contributed by atoms with Crippen LogP contribution in [0.1, 0.15) is 89.2 Å². The summed E-state index contributed by atoms with van der Waals surface area (Å²) in [4.78, 5) is 2.47. The number of benzene rings is 1. The Balaban J connectivity index is 2.44. The van der Waals surface area contributed by atoms with E-state index in [0.29, 0.717) is 6.04 Å². The van der Waals surface area contributed by atoms with Crippen molar-refractivity contribution in [2.75, 3.05) is 27.4 Å². The number of amidine groups is 1. The number of nitrogens with zero attached hydrogens (tertiary/aromatic N) is 2. The van der Waals surface area contributed by atoms with Gasteiger partial charge in [-0.2, -0.15) is 0 Å². The Kier molecular flexibility index (Phi) is 13.4. The van der Waals surface area contributed by atoms with Crippen LogP contribution in [-0.4, -0.2) is 42.0 Å². The van der Waals surface area contributed by atoms with E-state index in [1.807, 2.05) is 11.8 Å². The van der Waals surface area contributed by atoms with Crippen molar-refractivity contribution < 1.29 is 4.58 Å². The van der Waals surface area contributed by atoms with Crippen LogP contribution in [0.4, 0.5) is 0 Å². The fourth-order valence-electron chi connectivity index (χ4n) is 3.86. The minimum Gasteiger partial charge on any atom is -0.262 e. The quantitative estimate of drug-likeness (QED) is 0.155. The van der Waals surface area contributed by atoms with Gasteiger partial charge < -0.3 is 0 Å². The fraction of sp³-hybridized carbons (Fsp3) is 0.708. The smallest absolute Gasteiger partial charge is 0.262 e. The van der Waals surface area contributed by atoms with Crippen LogP contribution in [0.15, 0.2) is 30.3 Å². The molecule has 2 nitrogen and oxygen atoms in total. The molecule has 0 aromatic heterocycles. The second-order valence-corrected chi connectivity index (χ2v) is 8.66. The minimum atomic E-state index is 0.463. The molecule has 0 bridgehead atoms. The number of thioether (sulfide) groups is 1. The molecule has 27 heavy (non-hydrogen) atoms. The van der Waals surface area contributed by atoms with Crippen LogP contribution in [0.3, 0.4) is 0 Å². The van der Waals surface area contributed by atoms with E-state index >= 15 is 0 Å². The zero-order valence-electron chi connectivity index (χ0n) is 18.5. The Morgan fingerprint density at radius 3 is 1.89 bits per heavy atom. The van der Waals surface area contributed by atoms with Crippen LogP contribution < -0.4 is 0 Å². The lowest BCUT2D eigenvalue weighted by molar-refractivity contribution is -0.467. The van der Waals surface area contributed by atoms with Gasteiger partial charge >= 0.3 is 5.17 Å². The molecule has 1 rings (SSSR count). The van der Waals surface area contributed by atoms with E-state index in [1.165, 1.54) is 81.4 Å². The normalized spacial score (nSPS) is 12.0. The van der Waals surface area contributed by atoms with E-state index in [1.54, 1.807) is 0 Å². The van der Waals surface area contributed by atoms with Crippen molar-refractivity contribution in [2.24, 2.45) is 0 Å². The Morgan fingerprint density at radius 2 is 1.41 bits per heavy atom. The Morgan fingerprint density at radius 1 is 0.889 bits per heavy atom. The standard InChI is InChI=1S/C24H43N2S/c1-6-7-8-9-10-11-12-13-14-18-21-23(22-19-16-15-17-20-22)26(4)24(27-5)25(2)3/h15-17,19-20,23H,6-14,18,21H2,1-5H3/q+1. The molecule has 0 amide bonds. The van der Waals surface area contributed by atoms with Gasteiger partial charge in [-0.1, -0.05) is 95.0 Å². The molecule has 1 aromatic rings. The van der Waals surface area contributed by atoms with Crippen molar-refractivity contribution in [3.8, 4) is 0 Å². The van der Waals surface area contributed by atoms with E-state index < -0.39 is 0 Å². The zero-order chi connectivity index (χ0) is 19.9. The molecule has 0 saturated heterocycles. The van der Waals surface area contributed by atoms with Crippen LogP contribution in [0.2, 0.25) is 0 Å². The highest BCUT2D eigenvalue weighted by molar-refractivity contribution is 8.12. The highest BCUT2D eigenvalue weighted by Crippen LogP contribution is 2.28. The van der Waals surface area contributed by atoms with Gasteiger partial charge in [0.1, 0.15) is 6.04 Å². The average Bonchev–Trinajstić information content (AvgIpc) is 2.67. The maximum atomic E-state index is 2.47. The first-order valence-corrected chi connectivity index (χ1v) is 12.2. The number of unbranched alkanes of at least 4 members (excludes halogenated alkanes) is 9. The molecule has 0 N–H and O–H groups in total. The summed E-state index contributed by atoms with van der Waals surface area (Å²) in [6, 6.07) is 11.5. The zero-order valence-corrected chi connectivity index (χ0v) is 19.4. The van der Waals surface area contributed by atoms with Crippen molar-refractivity contribution in [1.82, 2.24) is 4.90 Å². The van der Waals surface area contributed by atoms with Crippen molar-refractivity contribution in [2.45, 2.75) is 83.6 Å². The van der Waals surface area contributed by atoms with Crippen LogP contribution in [0.5, 0.6) is 0 Å². The Hall–Kier alpha value is -0.960. The van der Waals surface area contributed by atoms with E-state index in [9.17, 15) is 0 Å². The van der Waals surface area contributed by atoms with E-state index in [2.05, 4.69) is 74.1 Å². The molecule has 1 atom stereocenters. The topological polar surface area (TPSA) is 6.25 Å². The van der Waals surface area contributed by atoms with Gasteiger partial charge in [-0.15, -0.1) is 0 Å². The third-order valence-corrected chi connectivity index (χ3v) is 6.37. The molecule has 1 unspecified atom stereocenters. The molecule has 0 aliphatic heterocycles. The van der Waals surface area contributed by atoms with Crippen molar-refractivity contribution in [1.29, 1.82) is 0 Å². The predicted molar refractivity (Wildman–Crippen MR) is 124 cm³/mol. The van der Waals surface area contributed by atoms with E-state index in [0.717, 1.165) is 0 Å². The summed E-state index contributed by atoms with van der Waals surface area (Å²) in [5, 5.41) is 1.33. The lowest BCUT2D eigenvalue weighted by atomic mass is 9.98. The molecular formula is C24H43N2S+. The van der Waals surface area contributed by atoms with Crippen LogP contribution in [0, 0.1) is 0 Å². The van der Waals surface area contributed by atoms with Crippen molar-refractivity contribution in [3.63, 3.8) is 0 Å². The van der Waals surface area contributed by atoms with Crippen molar-refractivity contribution >= 4 is 16.9 Å². The Labute approximate surface area is 173 Å². The third-order valence-electron chi connectivity index (χ3n) is 5.35. The van der Waals surface area contributed by atoms with E-state index in [-0.39, 0.29) is 0 Å². The average molecular weight is 392 g/mol. The molecule has 154 valence electrons. The van der Waals surface area contributed by atoms with Crippen LogP contribution in [-0.2, 0) is 0 Å². The highest BCUT2D eigenvalue weighted by Gasteiger charge is 2.26. The summed E-state index contributed by atoms with van der Waals surface area (Å²) in [6.07, 6.45) is 17.4. The molecule has 0 heterocycles. The van der Waals surface area contributed by atoms with Crippen molar-refractivity contribution in [3.05, 3.63) is 35.9 Å². The largest absolute Gasteiger partial charge is 0.307 e. The highest BCUT2D eigenvalue weighted by atomic mass is 32.2. The summed E-state index contributed by atoms with van der Waals surface area (Å²) in [5.41, 5.74) is 1.43. The molecule has 0 radical (unpaired) electrons. The fourth-order valence-corrected chi connectivity index (χ4v) is 4.64. The van der Waals surface area contributed by atoms with Gasteiger partial charge in [-0.3, -0.25) is 9.48 Å². The monoisotopic (exact) mass is 391 g/mol. The summed E-state index contributed by atoms with van der Waals surface area (Å²) in [7, 11) is 6.54. The van der Waals surface area contributed by atoms with Gasteiger partial charge in [-0.05, 0) is 36.4 Å². The van der Waals surface area contributed by atoms with Gasteiger partial charge in [-0.25, -0.2) is 0 Å². The SMILES string of the molecule is CCCCCCCCCCCCC(c1ccccc1)N(C)C(SC)=[N+](C)C. The molecule has 0 fully saturated rings. The molecule has 0 saturated carbocycles. The van der Waals surface area contributed by atoms with Crippen LogP contribution >= 0.6 is 11.8 Å². The molecule has 0 aliphatic carbocycles. The maximum Gasteiger partial charge on any atom is 0.307 e. The molecule has 0 spiro atoms. The lowest BCUT2D eigenvalue weighted by Crippen LogP contribution is -2.34. The first kappa shape index (κ1) is 24.1. The Bertz CT molecular complexity index is 508. The van der Waals surface area contributed by atoms with Gasteiger partial charge in [0.15, 0.2) is 0 Å². The van der Waals surface area contributed by atoms with Gasteiger partial charge in [0.25, 0.3) is 0 Å². The number of hydrogen-bond acceptors (Lipinski definition) is 1. The summed E-state index contributed by atoms with van der Waals surface area (Å²) < 4.78 is 2.24. The minimum absolute atomic E-state index is 0.463. The van der Waals surface area contributed by atoms with Gasteiger partial charge in [0.05, 0.1) is 21.1 Å². The summed E-state index contributed by atoms with van der Waals surface area (Å²) in [6.45, 7) is 2.29. The van der Waals surface area contributed by atoms with Crippen LogP contribution in [0.25, 0.3) is 0 Å². The summed E-state index contributed by atoms with van der Waals surface area (Å²) in [5.74, 6) is 0. The van der Waals surface area contributed by atoms with Gasteiger partial charge in [0.2, 0.25) is 0 Å². The predicted octanol–water partition coefficient (Wildman–Crippen LogP) is 6.96. The first-order valence-electron chi connectivity index (χ1n) is 11.0. The lowest BCUT2D eigenvalue weighted by Gasteiger charge is -2.25. The van der Waals surface area contributed by atoms with E-state index in [4.69, 9.17) is 0 Å².